The van der Waals surface area contributed by atoms with Crippen molar-refractivity contribution >= 4 is 40.3 Å². The number of fused-ring (bicyclic) bond motifs is 2. The second kappa shape index (κ2) is 4.53. The van der Waals surface area contributed by atoms with Gasteiger partial charge in [0.2, 0.25) is 0 Å². The van der Waals surface area contributed by atoms with E-state index in [1.54, 1.807) is 12.1 Å². The first-order valence-electron chi connectivity index (χ1n) is 3.76. The largest absolute Gasteiger partial charge is 0.469 e. The molecule has 0 saturated heterocycles. The number of methoxy groups -OCH3 is 1. The number of benzene rings is 1. The molecule has 0 aliphatic heterocycles. The monoisotopic (exact) mass is 234 g/mol. The Morgan fingerprint density at radius 2 is 1.79 bits per heavy atom. The predicted molar refractivity (Wildman–Crippen MR) is 55.1 cm³/mol. The molecule has 0 spiro atoms. The Hall–Kier alpha value is -0.930. The quantitative estimate of drug-likeness (QED) is 0.657. The molecule has 0 aliphatic carbocycles. The molecular formula is C9H8Cl2O3. The van der Waals surface area contributed by atoms with Crippen molar-refractivity contribution in [1.82, 2.24) is 0 Å². The first-order valence-corrected chi connectivity index (χ1v) is 4.51. The van der Waals surface area contributed by atoms with Gasteiger partial charge in [0.1, 0.15) is 5.58 Å². The number of furan rings is 2. The van der Waals surface area contributed by atoms with E-state index in [0.717, 1.165) is 5.58 Å². The summed E-state index contributed by atoms with van der Waals surface area (Å²) in [6.45, 7) is 1.36. The van der Waals surface area contributed by atoms with Gasteiger partial charge in [-0.15, -0.1) is 0 Å². The molecule has 3 nitrogen and oxygen atoms in total. The molecule has 5 heteroatoms. The lowest BCUT2D eigenvalue weighted by atomic mass is 10.4. The van der Waals surface area contributed by atoms with E-state index in [1.807, 2.05) is 0 Å². The summed E-state index contributed by atoms with van der Waals surface area (Å²) in [7, 11) is 1.35. The standard InChI is InChI=1S/C6H2Cl2O.C3H6O2/c7-4-1-3-2-5(8)6(4)9-3;1-3(4)5-2/h1-2H;1-2H3. The number of carbonyl (C=O) groups excluding carboxylic acids is 1. The number of rotatable bonds is 0. The molecule has 0 unspecified atom stereocenters. The van der Waals surface area contributed by atoms with E-state index in [9.17, 15) is 4.79 Å². The van der Waals surface area contributed by atoms with E-state index in [0.29, 0.717) is 15.6 Å². The van der Waals surface area contributed by atoms with Crippen LogP contribution >= 0.6 is 23.2 Å². The third-order valence-corrected chi connectivity index (χ3v) is 2.04. The molecule has 0 aromatic carbocycles. The molecular weight excluding hydrogens is 227 g/mol. The summed E-state index contributed by atoms with van der Waals surface area (Å²) in [5.41, 5.74) is 1.33. The maximum Gasteiger partial charge on any atom is 0.302 e. The van der Waals surface area contributed by atoms with E-state index in [-0.39, 0.29) is 5.97 Å². The third kappa shape index (κ3) is 2.53. The first-order chi connectivity index (χ1) is 6.54. The van der Waals surface area contributed by atoms with Gasteiger partial charge in [-0.2, -0.15) is 0 Å². The van der Waals surface area contributed by atoms with Gasteiger partial charge in [-0.25, -0.2) is 0 Å². The van der Waals surface area contributed by atoms with E-state index in [1.165, 1.54) is 14.0 Å². The molecule has 2 aromatic rings. The summed E-state index contributed by atoms with van der Waals surface area (Å²) in [5.74, 6) is -0.245. The highest BCUT2D eigenvalue weighted by atomic mass is 35.5. The normalized spacial score (nSPS) is 9.71. The van der Waals surface area contributed by atoms with Crippen molar-refractivity contribution < 1.29 is 13.9 Å². The SMILES string of the molecule is COC(C)=O.Clc1cc2cc(Cl)c1o2. The zero-order valence-electron chi connectivity index (χ0n) is 7.64. The zero-order chi connectivity index (χ0) is 10.7. The molecule has 0 fully saturated rings. The minimum absolute atomic E-state index is 0.245. The van der Waals surface area contributed by atoms with Crippen molar-refractivity contribution in [1.29, 1.82) is 0 Å². The maximum absolute atomic E-state index is 9.59. The molecule has 0 saturated carbocycles. The van der Waals surface area contributed by atoms with E-state index in [4.69, 9.17) is 27.6 Å². The summed E-state index contributed by atoms with van der Waals surface area (Å²) in [5, 5.41) is 1.19. The molecule has 0 radical (unpaired) electrons. The van der Waals surface area contributed by atoms with Crippen LogP contribution in [-0.4, -0.2) is 13.1 Å². The van der Waals surface area contributed by atoms with Crippen molar-refractivity contribution in [3.05, 3.63) is 22.2 Å². The molecule has 0 aliphatic rings. The maximum atomic E-state index is 9.59. The Bertz CT molecular complexity index is 395. The number of halogens is 2. The number of hydrogen-bond donors (Lipinski definition) is 0. The summed E-state index contributed by atoms with van der Waals surface area (Å²) >= 11 is 11.3. The summed E-state index contributed by atoms with van der Waals surface area (Å²) in [6.07, 6.45) is 0. The Morgan fingerprint density at radius 1 is 1.36 bits per heavy atom. The van der Waals surface area contributed by atoms with E-state index >= 15 is 0 Å². The molecule has 0 N–H and O–H groups in total. The summed E-state index contributed by atoms with van der Waals surface area (Å²) in [6, 6.07) is 3.48. The second-order valence-corrected chi connectivity index (χ2v) is 3.33. The van der Waals surface area contributed by atoms with Crippen LogP contribution in [-0.2, 0) is 9.53 Å². The average molecular weight is 235 g/mol. The fourth-order valence-corrected chi connectivity index (χ4v) is 1.36. The second-order valence-electron chi connectivity index (χ2n) is 2.51. The highest BCUT2D eigenvalue weighted by molar-refractivity contribution is 6.40. The number of carbonyl (C=O) groups is 1. The molecule has 76 valence electrons. The molecule has 2 heterocycles. The van der Waals surface area contributed by atoms with Crippen LogP contribution in [0.5, 0.6) is 0 Å². The Balaban J connectivity index is 0.000000171. The van der Waals surface area contributed by atoms with Crippen molar-refractivity contribution in [2.45, 2.75) is 6.92 Å². The molecule has 2 aromatic heterocycles. The van der Waals surface area contributed by atoms with Gasteiger partial charge >= 0.3 is 5.97 Å². The van der Waals surface area contributed by atoms with E-state index in [2.05, 4.69) is 4.74 Å². The van der Waals surface area contributed by atoms with E-state index < -0.39 is 0 Å². The van der Waals surface area contributed by atoms with Gasteiger partial charge in [0.05, 0.1) is 17.2 Å². The minimum Gasteiger partial charge on any atom is -0.469 e. The van der Waals surface area contributed by atoms with Gasteiger partial charge in [-0.3, -0.25) is 4.79 Å². The fraction of sp³-hybridized carbons (Fsp3) is 0.222. The van der Waals surface area contributed by atoms with Gasteiger partial charge in [0.15, 0.2) is 5.58 Å². The van der Waals surface area contributed by atoms with Gasteiger partial charge < -0.3 is 9.15 Å². The van der Waals surface area contributed by atoms with Crippen LogP contribution in [0.2, 0.25) is 10.0 Å². The van der Waals surface area contributed by atoms with Gasteiger partial charge in [0.25, 0.3) is 0 Å². The highest BCUT2D eigenvalue weighted by Gasteiger charge is 2.09. The van der Waals surface area contributed by atoms with Gasteiger partial charge in [-0.05, 0) is 0 Å². The number of esters is 1. The van der Waals surface area contributed by atoms with Crippen molar-refractivity contribution in [3.8, 4) is 0 Å². The first kappa shape index (κ1) is 11.1. The minimum atomic E-state index is -0.245. The Morgan fingerprint density at radius 3 is 1.93 bits per heavy atom. The number of hydrogen-bond acceptors (Lipinski definition) is 3. The molecule has 0 amide bonds. The Labute approximate surface area is 90.9 Å². The van der Waals surface area contributed by atoms with Crippen LogP contribution in [0.15, 0.2) is 16.5 Å². The third-order valence-electron chi connectivity index (χ3n) is 1.48. The highest BCUT2D eigenvalue weighted by Crippen LogP contribution is 2.33. The van der Waals surface area contributed by atoms with Crippen LogP contribution in [0.1, 0.15) is 6.92 Å². The van der Waals surface area contributed by atoms with Crippen LogP contribution in [0.4, 0.5) is 0 Å². The van der Waals surface area contributed by atoms with Crippen LogP contribution in [0, 0.1) is 0 Å². The van der Waals surface area contributed by atoms with Crippen LogP contribution < -0.4 is 0 Å². The van der Waals surface area contributed by atoms with Crippen LogP contribution in [0.3, 0.4) is 0 Å². The van der Waals surface area contributed by atoms with Crippen molar-refractivity contribution in [2.75, 3.05) is 7.11 Å². The smallest absolute Gasteiger partial charge is 0.302 e. The molecule has 2 rings (SSSR count). The Kier molecular flexibility index (Phi) is 3.61. The predicted octanol–water partition coefficient (Wildman–Crippen LogP) is 3.36. The lowest BCUT2D eigenvalue weighted by Crippen LogP contribution is -1.88. The zero-order valence-corrected chi connectivity index (χ0v) is 9.15. The molecule has 14 heavy (non-hydrogen) atoms. The van der Waals surface area contributed by atoms with Crippen molar-refractivity contribution in [2.24, 2.45) is 0 Å². The van der Waals surface area contributed by atoms with Gasteiger partial charge in [0, 0.05) is 19.1 Å². The average Bonchev–Trinajstić information content (AvgIpc) is 2.62. The lowest BCUT2D eigenvalue weighted by Gasteiger charge is -1.80. The van der Waals surface area contributed by atoms with Gasteiger partial charge in [-0.1, -0.05) is 23.2 Å². The summed E-state index contributed by atoms with van der Waals surface area (Å²) in [4.78, 5) is 9.59. The number of ether oxygens (including phenoxy) is 1. The topological polar surface area (TPSA) is 39.4 Å². The lowest BCUT2D eigenvalue weighted by molar-refractivity contribution is -0.137. The van der Waals surface area contributed by atoms with Crippen molar-refractivity contribution in [3.63, 3.8) is 0 Å². The summed E-state index contributed by atoms with van der Waals surface area (Å²) < 4.78 is 9.19. The molecule has 2 bridgehead atoms. The van der Waals surface area contributed by atoms with Crippen LogP contribution in [0.25, 0.3) is 11.2 Å². The fourth-order valence-electron chi connectivity index (χ4n) is 0.811. The molecule has 0 atom stereocenters.